The van der Waals surface area contributed by atoms with Gasteiger partial charge < -0.3 is 20.1 Å². The number of carbonyl (C=O) groups is 3. The van der Waals surface area contributed by atoms with Gasteiger partial charge in [-0.3, -0.25) is 19.3 Å². The Kier molecular flexibility index (Phi) is 7.67. The molecule has 1 saturated heterocycles. The highest BCUT2D eigenvalue weighted by atomic mass is 79.9. The van der Waals surface area contributed by atoms with Gasteiger partial charge in [0.15, 0.2) is 0 Å². The Labute approximate surface area is 230 Å². The maximum Gasteiger partial charge on any atom is 0.246 e. The van der Waals surface area contributed by atoms with E-state index in [0.717, 1.165) is 33.9 Å². The molecule has 5 rings (SSSR count). The van der Waals surface area contributed by atoms with Crippen LogP contribution < -0.4 is 10.6 Å². The van der Waals surface area contributed by atoms with E-state index >= 15 is 0 Å². The normalized spacial score (nSPS) is 17.5. The van der Waals surface area contributed by atoms with E-state index in [1.807, 2.05) is 29.0 Å². The average Bonchev–Trinajstić information content (AvgIpc) is 3.19. The number of amides is 3. The standard InChI is InChI=1S/C29H32BrN5O3/c1-3-29(38)35-16-23(17-35)32-28(37)18-34-15-21(25-12-22(30)8-9-26(25)34)11-27(36)31-13-24-10-19-6-4-5-7-20(19)14-33(24)2/h3-9,12,15,23-24H,1,10-11,13-14,16-18H2,2H3,(H,31,36)(H,32,37). The van der Waals surface area contributed by atoms with Gasteiger partial charge in [0.1, 0.15) is 6.54 Å². The Balaban J connectivity index is 1.21. The fourth-order valence-corrected chi connectivity index (χ4v) is 5.70. The number of fused-ring (bicyclic) bond motifs is 2. The molecule has 3 amide bonds. The van der Waals surface area contributed by atoms with Crippen LogP contribution in [0.3, 0.4) is 0 Å². The molecule has 0 bridgehead atoms. The van der Waals surface area contributed by atoms with E-state index in [4.69, 9.17) is 0 Å². The lowest BCUT2D eigenvalue weighted by Gasteiger charge is -2.38. The molecule has 1 atom stereocenters. The van der Waals surface area contributed by atoms with Crippen molar-refractivity contribution in [2.75, 3.05) is 26.7 Å². The molecule has 3 heterocycles. The number of hydrogen-bond donors (Lipinski definition) is 2. The molecule has 3 aromatic rings. The maximum atomic E-state index is 13.0. The van der Waals surface area contributed by atoms with Crippen molar-refractivity contribution in [2.45, 2.75) is 38.0 Å². The summed E-state index contributed by atoms with van der Waals surface area (Å²) in [6.45, 7) is 6.07. The highest BCUT2D eigenvalue weighted by Crippen LogP contribution is 2.26. The largest absolute Gasteiger partial charge is 0.354 e. The minimum atomic E-state index is -0.128. The van der Waals surface area contributed by atoms with Gasteiger partial charge in [-0.1, -0.05) is 46.8 Å². The molecular weight excluding hydrogens is 546 g/mol. The van der Waals surface area contributed by atoms with E-state index in [2.05, 4.69) is 69.4 Å². The lowest BCUT2D eigenvalue weighted by molar-refractivity contribution is -0.133. The van der Waals surface area contributed by atoms with E-state index in [1.165, 1.54) is 17.2 Å². The van der Waals surface area contributed by atoms with Crippen molar-refractivity contribution in [3.63, 3.8) is 0 Å². The van der Waals surface area contributed by atoms with Crippen LogP contribution in [0.15, 0.2) is 65.8 Å². The van der Waals surface area contributed by atoms with Crippen LogP contribution in [0.4, 0.5) is 0 Å². The summed E-state index contributed by atoms with van der Waals surface area (Å²) in [5, 5.41) is 7.06. The summed E-state index contributed by atoms with van der Waals surface area (Å²) in [5.74, 6) is -0.292. The van der Waals surface area contributed by atoms with Crippen LogP contribution in [0.2, 0.25) is 0 Å². The lowest BCUT2D eigenvalue weighted by Crippen LogP contribution is -2.61. The van der Waals surface area contributed by atoms with E-state index in [-0.39, 0.29) is 42.8 Å². The van der Waals surface area contributed by atoms with Crippen LogP contribution in [-0.2, 0) is 40.3 Å². The van der Waals surface area contributed by atoms with E-state index in [9.17, 15) is 14.4 Å². The fourth-order valence-electron chi connectivity index (χ4n) is 5.34. The molecule has 2 aromatic carbocycles. The number of hydrogen-bond acceptors (Lipinski definition) is 4. The van der Waals surface area contributed by atoms with Crippen LogP contribution >= 0.6 is 15.9 Å². The predicted octanol–water partition coefficient (Wildman–Crippen LogP) is 2.63. The molecule has 38 heavy (non-hydrogen) atoms. The number of rotatable bonds is 8. The number of aromatic nitrogens is 1. The summed E-state index contributed by atoms with van der Waals surface area (Å²) in [4.78, 5) is 41.3. The van der Waals surface area contributed by atoms with Crippen molar-refractivity contribution in [3.8, 4) is 0 Å². The first-order valence-electron chi connectivity index (χ1n) is 12.8. The molecule has 2 aliphatic heterocycles. The molecule has 0 aliphatic carbocycles. The highest BCUT2D eigenvalue weighted by Gasteiger charge is 2.30. The molecular formula is C29H32BrN5O3. The van der Waals surface area contributed by atoms with Crippen LogP contribution in [0, 0.1) is 0 Å². The zero-order chi connectivity index (χ0) is 26.8. The van der Waals surface area contributed by atoms with Gasteiger partial charge in [0.05, 0.1) is 12.5 Å². The Morgan fingerprint density at radius 3 is 2.63 bits per heavy atom. The molecule has 8 nitrogen and oxygen atoms in total. The minimum absolute atomic E-state index is 0.0396. The van der Waals surface area contributed by atoms with Crippen LogP contribution in [-0.4, -0.2) is 70.9 Å². The Morgan fingerprint density at radius 1 is 1.11 bits per heavy atom. The van der Waals surface area contributed by atoms with Crippen molar-refractivity contribution in [2.24, 2.45) is 0 Å². The van der Waals surface area contributed by atoms with Gasteiger partial charge >= 0.3 is 0 Å². The number of carbonyl (C=O) groups excluding carboxylic acids is 3. The third-order valence-corrected chi connectivity index (χ3v) is 7.97. The third-order valence-electron chi connectivity index (χ3n) is 7.48. The molecule has 0 saturated carbocycles. The quantitative estimate of drug-likeness (QED) is 0.403. The van der Waals surface area contributed by atoms with Crippen LogP contribution in [0.5, 0.6) is 0 Å². The average molecular weight is 579 g/mol. The van der Waals surface area contributed by atoms with Gasteiger partial charge in [0.25, 0.3) is 0 Å². The van der Waals surface area contributed by atoms with Gasteiger partial charge in [-0.15, -0.1) is 0 Å². The Bertz CT molecular complexity index is 1390. The van der Waals surface area contributed by atoms with Crippen molar-refractivity contribution in [3.05, 3.63) is 82.5 Å². The van der Waals surface area contributed by atoms with Gasteiger partial charge in [0.2, 0.25) is 17.7 Å². The smallest absolute Gasteiger partial charge is 0.246 e. The summed E-state index contributed by atoms with van der Waals surface area (Å²) in [7, 11) is 2.10. The maximum absolute atomic E-state index is 13.0. The van der Waals surface area contributed by atoms with Crippen molar-refractivity contribution >= 4 is 44.6 Å². The zero-order valence-corrected chi connectivity index (χ0v) is 23.0. The first-order valence-corrected chi connectivity index (χ1v) is 13.6. The second-order valence-corrected chi connectivity index (χ2v) is 11.1. The topological polar surface area (TPSA) is 86.7 Å². The van der Waals surface area contributed by atoms with Gasteiger partial charge in [-0.2, -0.15) is 0 Å². The zero-order valence-electron chi connectivity index (χ0n) is 21.5. The molecule has 0 radical (unpaired) electrons. The molecule has 1 fully saturated rings. The minimum Gasteiger partial charge on any atom is -0.354 e. The van der Waals surface area contributed by atoms with Crippen molar-refractivity contribution in [1.29, 1.82) is 0 Å². The molecule has 198 valence electrons. The predicted molar refractivity (Wildman–Crippen MR) is 150 cm³/mol. The fraction of sp³-hybridized carbons (Fsp3) is 0.345. The second-order valence-electron chi connectivity index (χ2n) is 10.2. The summed E-state index contributed by atoms with van der Waals surface area (Å²) in [5.41, 5.74) is 4.46. The van der Waals surface area contributed by atoms with Gasteiger partial charge in [-0.25, -0.2) is 0 Å². The highest BCUT2D eigenvalue weighted by molar-refractivity contribution is 9.10. The number of likely N-dealkylation sites (tertiary alicyclic amines) is 1. The number of nitrogens with zero attached hydrogens (tertiary/aromatic N) is 3. The lowest BCUT2D eigenvalue weighted by atomic mass is 9.94. The second kappa shape index (κ2) is 11.1. The van der Waals surface area contributed by atoms with E-state index in [1.54, 1.807) is 4.90 Å². The van der Waals surface area contributed by atoms with E-state index < -0.39 is 0 Å². The summed E-state index contributed by atoms with van der Waals surface area (Å²) >= 11 is 3.53. The SMILES string of the molecule is C=CC(=O)N1CC(NC(=O)Cn2cc(CC(=O)NCC3Cc4ccccc4CN3C)c3cc(Br)ccc32)C1. The van der Waals surface area contributed by atoms with Crippen LogP contribution in [0.1, 0.15) is 16.7 Å². The number of halogens is 1. The summed E-state index contributed by atoms with van der Waals surface area (Å²) < 4.78 is 2.80. The monoisotopic (exact) mass is 577 g/mol. The van der Waals surface area contributed by atoms with Crippen molar-refractivity contribution < 1.29 is 14.4 Å². The number of likely N-dealkylation sites (N-methyl/N-ethyl adjacent to an activating group) is 1. The molecule has 0 spiro atoms. The molecule has 1 unspecified atom stereocenters. The van der Waals surface area contributed by atoms with Gasteiger partial charge in [-0.05, 0) is 54.4 Å². The third kappa shape index (κ3) is 5.68. The first-order chi connectivity index (χ1) is 18.3. The molecule has 2 aliphatic rings. The Morgan fingerprint density at radius 2 is 1.87 bits per heavy atom. The first kappa shape index (κ1) is 26.2. The molecule has 2 N–H and O–H groups in total. The Hall–Kier alpha value is -3.43. The van der Waals surface area contributed by atoms with E-state index in [0.29, 0.717) is 19.6 Å². The molecule has 9 heteroatoms. The number of benzene rings is 2. The van der Waals surface area contributed by atoms with Crippen LogP contribution in [0.25, 0.3) is 10.9 Å². The van der Waals surface area contributed by atoms with Gasteiger partial charge in [0, 0.05) is 53.8 Å². The summed E-state index contributed by atoms with van der Waals surface area (Å²) in [6, 6.07) is 14.5. The molecule has 1 aromatic heterocycles. The number of nitrogens with one attached hydrogen (secondary N) is 2. The summed E-state index contributed by atoms with van der Waals surface area (Å²) in [6.07, 6.45) is 4.32. The van der Waals surface area contributed by atoms with Crippen molar-refractivity contribution in [1.82, 2.24) is 25.0 Å².